The first-order valence-corrected chi connectivity index (χ1v) is 12.7. The largest absolute Gasteiger partial charge is 0.507 e. The number of hydrogen-bond acceptors (Lipinski definition) is 6. The van der Waals surface area contributed by atoms with Crippen LogP contribution in [0.1, 0.15) is 49.4 Å². The highest BCUT2D eigenvalue weighted by atomic mass is 16.5. The highest BCUT2D eigenvalue weighted by Crippen LogP contribution is 2.42. The van der Waals surface area contributed by atoms with Crippen LogP contribution in [0, 0.1) is 0 Å². The average molecular weight is 501 g/mol. The number of carbonyl (C=O) groups excluding carboxylic acids is 2. The van der Waals surface area contributed by atoms with Gasteiger partial charge < -0.3 is 19.5 Å². The van der Waals surface area contributed by atoms with Crippen molar-refractivity contribution >= 4 is 17.4 Å². The van der Waals surface area contributed by atoms with Crippen molar-refractivity contribution in [2.45, 2.75) is 39.2 Å². The molecule has 37 heavy (non-hydrogen) atoms. The van der Waals surface area contributed by atoms with Gasteiger partial charge in [-0.15, -0.1) is 0 Å². The Bertz CT molecular complexity index is 1260. The van der Waals surface area contributed by atoms with E-state index < -0.39 is 17.7 Å². The average Bonchev–Trinajstić information content (AvgIpc) is 3.18. The third-order valence-corrected chi connectivity index (χ3v) is 6.32. The van der Waals surface area contributed by atoms with Crippen LogP contribution in [-0.4, -0.2) is 46.4 Å². The van der Waals surface area contributed by atoms with Crippen LogP contribution in [-0.2, 0) is 16.0 Å². The van der Waals surface area contributed by atoms with E-state index in [4.69, 9.17) is 9.47 Å². The number of unbranched alkanes of at least 4 members (excludes halogenated alkanes) is 1. The van der Waals surface area contributed by atoms with E-state index in [0.717, 1.165) is 18.4 Å². The Hall–Kier alpha value is -4.13. The van der Waals surface area contributed by atoms with Crippen LogP contribution in [0.5, 0.6) is 11.5 Å². The van der Waals surface area contributed by atoms with E-state index in [0.29, 0.717) is 48.8 Å². The molecule has 7 heteroatoms. The Morgan fingerprint density at radius 1 is 0.973 bits per heavy atom. The maximum Gasteiger partial charge on any atom is 0.295 e. The Morgan fingerprint density at radius 3 is 2.43 bits per heavy atom. The second-order valence-electron chi connectivity index (χ2n) is 8.81. The molecule has 3 aromatic rings. The number of likely N-dealkylation sites (tertiary alicyclic amines) is 1. The molecule has 1 saturated heterocycles. The first-order valence-electron chi connectivity index (χ1n) is 12.7. The molecule has 1 unspecified atom stereocenters. The molecule has 1 aliphatic heterocycles. The van der Waals surface area contributed by atoms with E-state index >= 15 is 0 Å². The van der Waals surface area contributed by atoms with Gasteiger partial charge in [-0.1, -0.05) is 49.7 Å². The second kappa shape index (κ2) is 12.2. The van der Waals surface area contributed by atoms with Crippen LogP contribution in [0.4, 0.5) is 0 Å². The number of pyridine rings is 1. The van der Waals surface area contributed by atoms with Gasteiger partial charge in [-0.25, -0.2) is 0 Å². The van der Waals surface area contributed by atoms with Gasteiger partial charge in [0.15, 0.2) is 11.5 Å². The van der Waals surface area contributed by atoms with Crippen LogP contribution >= 0.6 is 0 Å². The molecule has 1 amide bonds. The van der Waals surface area contributed by atoms with Gasteiger partial charge in [0, 0.05) is 24.5 Å². The Kier molecular flexibility index (Phi) is 8.56. The zero-order valence-corrected chi connectivity index (χ0v) is 21.2. The molecule has 1 fully saturated rings. The van der Waals surface area contributed by atoms with Crippen LogP contribution in [0.15, 0.2) is 78.6 Å². The number of ketones is 1. The van der Waals surface area contributed by atoms with Crippen molar-refractivity contribution in [1.82, 2.24) is 9.88 Å². The van der Waals surface area contributed by atoms with Gasteiger partial charge in [-0.2, -0.15) is 0 Å². The molecular weight excluding hydrogens is 468 g/mol. The fraction of sp³-hybridized carbons (Fsp3) is 0.300. The van der Waals surface area contributed by atoms with Gasteiger partial charge in [-0.3, -0.25) is 14.6 Å². The number of nitrogens with zero attached hydrogens (tertiary/aromatic N) is 2. The lowest BCUT2D eigenvalue weighted by atomic mass is 9.95. The lowest BCUT2D eigenvalue weighted by molar-refractivity contribution is -0.139. The monoisotopic (exact) mass is 500 g/mol. The maximum atomic E-state index is 13.3. The quantitative estimate of drug-likeness (QED) is 0.166. The number of benzene rings is 2. The van der Waals surface area contributed by atoms with Crippen LogP contribution in [0.2, 0.25) is 0 Å². The Balaban J connectivity index is 1.78. The summed E-state index contributed by atoms with van der Waals surface area (Å²) in [5, 5.41) is 11.2. The molecule has 192 valence electrons. The van der Waals surface area contributed by atoms with Crippen molar-refractivity contribution in [3.63, 3.8) is 0 Å². The fourth-order valence-corrected chi connectivity index (χ4v) is 4.43. The van der Waals surface area contributed by atoms with E-state index in [1.165, 1.54) is 17.3 Å². The molecule has 1 aromatic heterocycles. The van der Waals surface area contributed by atoms with Crippen molar-refractivity contribution < 1.29 is 24.2 Å². The maximum absolute atomic E-state index is 13.3. The van der Waals surface area contributed by atoms with E-state index in [-0.39, 0.29) is 11.3 Å². The van der Waals surface area contributed by atoms with Crippen LogP contribution in [0.25, 0.3) is 5.76 Å². The highest BCUT2D eigenvalue weighted by molar-refractivity contribution is 6.46. The summed E-state index contributed by atoms with van der Waals surface area (Å²) in [6.07, 6.45) is 5.55. The van der Waals surface area contributed by atoms with Gasteiger partial charge in [-0.05, 0) is 55.2 Å². The van der Waals surface area contributed by atoms with Crippen LogP contribution in [0.3, 0.4) is 0 Å². The minimum Gasteiger partial charge on any atom is -0.507 e. The summed E-state index contributed by atoms with van der Waals surface area (Å²) in [6, 6.07) is 17.7. The molecule has 1 aliphatic rings. The molecule has 1 atom stereocenters. The second-order valence-corrected chi connectivity index (χ2v) is 8.81. The summed E-state index contributed by atoms with van der Waals surface area (Å²) < 4.78 is 11.8. The number of ether oxygens (including phenoxy) is 2. The number of amides is 1. The standard InChI is InChI=1S/C30H32N2O5/c1-3-5-19-37-24-12-11-23(20-25(24)36-4-2)27-26(28(33)22-13-16-31-17-14-22)29(34)30(35)32(27)18-15-21-9-7-6-8-10-21/h6-14,16-17,20,27,33H,3-5,15,18-19H2,1-2H3/b28-26+. The third kappa shape index (κ3) is 5.82. The predicted molar refractivity (Wildman–Crippen MR) is 141 cm³/mol. The number of hydrogen-bond donors (Lipinski definition) is 1. The molecule has 2 heterocycles. The number of aromatic nitrogens is 1. The molecule has 0 bridgehead atoms. The van der Waals surface area contributed by atoms with Gasteiger partial charge in [0.1, 0.15) is 5.76 Å². The summed E-state index contributed by atoms with van der Waals surface area (Å²) in [5.41, 5.74) is 2.18. The molecule has 0 aliphatic carbocycles. The number of aliphatic hydroxyl groups excluding tert-OH is 1. The number of carbonyl (C=O) groups is 2. The molecule has 7 nitrogen and oxygen atoms in total. The van der Waals surface area contributed by atoms with E-state index in [1.54, 1.807) is 24.3 Å². The number of aliphatic hydroxyl groups is 1. The zero-order chi connectivity index (χ0) is 26.2. The summed E-state index contributed by atoms with van der Waals surface area (Å²) in [5.74, 6) is -0.441. The lowest BCUT2D eigenvalue weighted by Gasteiger charge is -2.26. The first-order chi connectivity index (χ1) is 18.0. The van der Waals surface area contributed by atoms with Gasteiger partial charge in [0.2, 0.25) is 0 Å². The van der Waals surface area contributed by atoms with E-state index in [2.05, 4.69) is 11.9 Å². The fourth-order valence-electron chi connectivity index (χ4n) is 4.43. The van der Waals surface area contributed by atoms with Crippen molar-refractivity contribution in [3.05, 3.63) is 95.3 Å². The van der Waals surface area contributed by atoms with Crippen molar-refractivity contribution in [2.24, 2.45) is 0 Å². The molecule has 0 radical (unpaired) electrons. The van der Waals surface area contributed by atoms with Gasteiger partial charge >= 0.3 is 0 Å². The molecule has 0 spiro atoms. The van der Waals surface area contributed by atoms with Crippen molar-refractivity contribution in [1.29, 1.82) is 0 Å². The Morgan fingerprint density at radius 2 is 1.73 bits per heavy atom. The summed E-state index contributed by atoms with van der Waals surface area (Å²) in [6.45, 7) is 5.28. The molecular formula is C30H32N2O5. The minimum atomic E-state index is -0.777. The third-order valence-electron chi connectivity index (χ3n) is 6.32. The molecule has 0 saturated carbocycles. The Labute approximate surface area is 217 Å². The molecule has 2 aromatic carbocycles. The smallest absolute Gasteiger partial charge is 0.295 e. The minimum absolute atomic E-state index is 0.0476. The topological polar surface area (TPSA) is 89.0 Å². The molecule has 4 rings (SSSR count). The van der Waals surface area contributed by atoms with Crippen LogP contribution < -0.4 is 9.47 Å². The van der Waals surface area contributed by atoms with Gasteiger partial charge in [0.25, 0.3) is 11.7 Å². The van der Waals surface area contributed by atoms with Crippen molar-refractivity contribution in [3.8, 4) is 11.5 Å². The van der Waals surface area contributed by atoms with Gasteiger partial charge in [0.05, 0.1) is 24.8 Å². The molecule has 1 N–H and O–H groups in total. The summed E-state index contributed by atoms with van der Waals surface area (Å²) >= 11 is 0. The summed E-state index contributed by atoms with van der Waals surface area (Å²) in [4.78, 5) is 32.1. The van der Waals surface area contributed by atoms with E-state index in [9.17, 15) is 14.7 Å². The first kappa shape index (κ1) is 25.9. The number of rotatable bonds is 11. The van der Waals surface area contributed by atoms with Crippen molar-refractivity contribution in [2.75, 3.05) is 19.8 Å². The highest BCUT2D eigenvalue weighted by Gasteiger charge is 2.46. The van der Waals surface area contributed by atoms with E-state index in [1.807, 2.05) is 43.3 Å². The predicted octanol–water partition coefficient (Wildman–Crippen LogP) is 5.32. The lowest BCUT2D eigenvalue weighted by Crippen LogP contribution is -2.31. The summed E-state index contributed by atoms with van der Waals surface area (Å²) in [7, 11) is 0. The number of Topliss-reactive ketones (excluding diaryl/α,β-unsaturated/α-hetero) is 1. The normalized spacial score (nSPS) is 16.7. The zero-order valence-electron chi connectivity index (χ0n) is 21.2. The SMILES string of the molecule is CCCCOc1ccc(C2/C(=C(\O)c3ccncc3)C(=O)C(=O)N2CCc2ccccc2)cc1OCC.